The van der Waals surface area contributed by atoms with Crippen molar-refractivity contribution in [1.82, 2.24) is 9.13 Å². The van der Waals surface area contributed by atoms with Crippen molar-refractivity contribution >= 4 is 9.84 Å². The average Bonchev–Trinajstić information content (AvgIpc) is 2.24. The second-order valence-corrected chi connectivity index (χ2v) is 9.53. The lowest BCUT2D eigenvalue weighted by molar-refractivity contribution is 0.186. The lowest BCUT2D eigenvalue weighted by atomic mass is 10.1. The Morgan fingerprint density at radius 2 is 1.00 bits per heavy atom. The largest absolute Gasteiger partial charge is 0.312 e. The van der Waals surface area contributed by atoms with E-state index in [1.54, 1.807) is 0 Å². The molecule has 0 atom stereocenters. The molecule has 0 bridgehead atoms. The molecule has 2 nitrogen and oxygen atoms in total. The van der Waals surface area contributed by atoms with Crippen molar-refractivity contribution in [2.24, 2.45) is 0 Å². The molecule has 0 aromatic heterocycles. The molecule has 3 heteroatoms. The van der Waals surface area contributed by atoms with Crippen LogP contribution in [-0.4, -0.2) is 43.1 Å². The minimum absolute atomic E-state index is 0.317. The highest BCUT2D eigenvalue weighted by molar-refractivity contribution is 6.29. The summed E-state index contributed by atoms with van der Waals surface area (Å²) < 4.78 is 5.55. The number of rotatable bonds is 8. The van der Waals surface area contributed by atoms with Gasteiger partial charge in [0.15, 0.2) is 9.84 Å². The van der Waals surface area contributed by atoms with Gasteiger partial charge >= 0.3 is 0 Å². The van der Waals surface area contributed by atoms with Gasteiger partial charge in [0.2, 0.25) is 0 Å². The summed E-state index contributed by atoms with van der Waals surface area (Å²) in [4.78, 5) is 0. The van der Waals surface area contributed by atoms with E-state index in [9.17, 15) is 0 Å². The maximum atomic E-state index is 2.78. The van der Waals surface area contributed by atoms with E-state index >= 15 is 0 Å². The van der Waals surface area contributed by atoms with Gasteiger partial charge in [0, 0.05) is 11.1 Å². The van der Waals surface area contributed by atoms with Gasteiger partial charge in [-0.25, -0.2) is 0 Å². The van der Waals surface area contributed by atoms with Crippen molar-refractivity contribution in [2.75, 3.05) is 13.1 Å². The van der Waals surface area contributed by atoms with Crippen LogP contribution in [0.2, 0.25) is 0 Å². The highest BCUT2D eigenvalue weighted by Gasteiger charge is 2.28. The van der Waals surface area contributed by atoms with E-state index in [0.29, 0.717) is 11.1 Å². The molecular formula is C16H38N2Si. The van der Waals surface area contributed by atoms with Crippen LogP contribution < -0.4 is 0 Å². The van der Waals surface area contributed by atoms with Gasteiger partial charge in [-0.2, -0.15) is 0 Å². The molecule has 116 valence electrons. The van der Waals surface area contributed by atoms with Crippen molar-refractivity contribution in [1.29, 1.82) is 0 Å². The molecule has 0 spiro atoms. The number of nitrogens with zero attached hydrogens (tertiary/aromatic N) is 2. The summed E-state index contributed by atoms with van der Waals surface area (Å²) >= 11 is 0. The van der Waals surface area contributed by atoms with Gasteiger partial charge in [-0.05, 0) is 67.5 Å². The standard InChI is InChI=1S/C16H38N2Si/c1-9-11-13-17(15(3,4)5)19-18(14-12-10-2)16(6,7)8/h9-14,19H2,1-8H3. The van der Waals surface area contributed by atoms with E-state index < -0.39 is 0 Å². The van der Waals surface area contributed by atoms with Crippen LogP contribution in [0.25, 0.3) is 0 Å². The molecule has 0 N–H and O–H groups in total. The second-order valence-electron chi connectivity index (χ2n) is 7.72. The fourth-order valence-electron chi connectivity index (χ4n) is 2.14. The summed E-state index contributed by atoms with van der Waals surface area (Å²) in [5, 5.41) is 0. The van der Waals surface area contributed by atoms with E-state index in [1.165, 1.54) is 38.8 Å². The molecule has 0 rings (SSSR count). The van der Waals surface area contributed by atoms with Crippen LogP contribution in [0, 0.1) is 0 Å². The molecule has 0 fully saturated rings. The molecule has 0 aliphatic heterocycles. The summed E-state index contributed by atoms with van der Waals surface area (Å²) in [5.74, 6) is 0. The Hall–Kier alpha value is 0.137. The predicted octanol–water partition coefficient (Wildman–Crippen LogP) is 3.79. The van der Waals surface area contributed by atoms with Crippen LogP contribution in [0.15, 0.2) is 0 Å². The minimum atomic E-state index is -0.343. The maximum Gasteiger partial charge on any atom is 0.173 e. The smallest absolute Gasteiger partial charge is 0.173 e. The SMILES string of the molecule is CCCCN([SiH2]N(CCCC)C(C)(C)C)C(C)(C)C. The molecule has 0 aliphatic carbocycles. The molecule has 0 aromatic carbocycles. The number of unbranched alkanes of at least 4 members (excludes halogenated alkanes) is 2. The fraction of sp³-hybridized carbons (Fsp3) is 1.00. The monoisotopic (exact) mass is 286 g/mol. The Balaban J connectivity index is 4.72. The molecule has 0 saturated carbocycles. The molecule has 0 unspecified atom stereocenters. The molecule has 0 radical (unpaired) electrons. The minimum Gasteiger partial charge on any atom is -0.312 e. The van der Waals surface area contributed by atoms with Crippen molar-refractivity contribution in [3.05, 3.63) is 0 Å². The van der Waals surface area contributed by atoms with Crippen LogP contribution >= 0.6 is 0 Å². The third-order valence-electron chi connectivity index (χ3n) is 3.80. The van der Waals surface area contributed by atoms with Crippen LogP contribution in [0.3, 0.4) is 0 Å². The summed E-state index contributed by atoms with van der Waals surface area (Å²) in [6.07, 6.45) is 5.25. The summed E-state index contributed by atoms with van der Waals surface area (Å²) in [5.41, 5.74) is 0.633. The highest BCUT2D eigenvalue weighted by atomic mass is 28.2. The van der Waals surface area contributed by atoms with E-state index in [0.717, 1.165) is 0 Å². The second kappa shape index (κ2) is 8.43. The van der Waals surface area contributed by atoms with Crippen LogP contribution in [0.4, 0.5) is 0 Å². The Morgan fingerprint density at radius 1 is 0.684 bits per heavy atom. The molecule has 0 saturated heterocycles. The normalized spacial score (nSPS) is 13.6. The lowest BCUT2D eigenvalue weighted by Gasteiger charge is -2.44. The fourth-order valence-corrected chi connectivity index (χ4v) is 4.13. The highest BCUT2D eigenvalue weighted by Crippen LogP contribution is 2.19. The van der Waals surface area contributed by atoms with Gasteiger partial charge < -0.3 is 9.13 Å². The maximum absolute atomic E-state index is 2.78. The topological polar surface area (TPSA) is 6.48 Å². The van der Waals surface area contributed by atoms with Crippen molar-refractivity contribution in [3.8, 4) is 0 Å². The van der Waals surface area contributed by atoms with Crippen molar-refractivity contribution < 1.29 is 0 Å². The third kappa shape index (κ3) is 8.11. The van der Waals surface area contributed by atoms with E-state index in [-0.39, 0.29) is 9.84 Å². The predicted molar refractivity (Wildman–Crippen MR) is 91.3 cm³/mol. The first-order valence-electron chi connectivity index (χ1n) is 8.13. The Labute approximate surface area is 124 Å². The first kappa shape index (κ1) is 19.1. The summed E-state index contributed by atoms with van der Waals surface area (Å²) in [6, 6.07) is 0. The zero-order valence-corrected chi connectivity index (χ0v) is 16.3. The van der Waals surface area contributed by atoms with Crippen LogP contribution in [0.5, 0.6) is 0 Å². The summed E-state index contributed by atoms with van der Waals surface area (Å²) in [6.45, 7) is 21.4. The van der Waals surface area contributed by atoms with E-state index in [4.69, 9.17) is 0 Å². The Morgan fingerprint density at radius 3 is 1.21 bits per heavy atom. The quantitative estimate of drug-likeness (QED) is 0.627. The molecular weight excluding hydrogens is 248 g/mol. The Bertz CT molecular complexity index is 204. The van der Waals surface area contributed by atoms with Gasteiger partial charge in [0.25, 0.3) is 0 Å². The van der Waals surface area contributed by atoms with Crippen molar-refractivity contribution in [2.45, 2.75) is 92.2 Å². The van der Waals surface area contributed by atoms with Gasteiger partial charge in [0.1, 0.15) is 0 Å². The molecule has 0 aliphatic rings. The number of hydrogen-bond donors (Lipinski definition) is 0. The van der Waals surface area contributed by atoms with Crippen molar-refractivity contribution in [3.63, 3.8) is 0 Å². The summed E-state index contributed by atoms with van der Waals surface area (Å²) in [7, 11) is -0.343. The third-order valence-corrected chi connectivity index (χ3v) is 7.01. The van der Waals surface area contributed by atoms with Crippen LogP contribution in [-0.2, 0) is 0 Å². The van der Waals surface area contributed by atoms with Gasteiger partial charge in [-0.15, -0.1) is 0 Å². The zero-order valence-electron chi connectivity index (χ0n) is 14.8. The van der Waals surface area contributed by atoms with E-state index in [2.05, 4.69) is 64.5 Å². The zero-order chi connectivity index (χ0) is 15.1. The number of hydrogen-bond acceptors (Lipinski definition) is 2. The van der Waals surface area contributed by atoms with Gasteiger partial charge in [-0.1, -0.05) is 26.7 Å². The Kier molecular flexibility index (Phi) is 8.49. The molecule has 0 heterocycles. The molecule has 0 aromatic rings. The average molecular weight is 287 g/mol. The molecule has 19 heavy (non-hydrogen) atoms. The van der Waals surface area contributed by atoms with Gasteiger partial charge in [-0.3, -0.25) is 0 Å². The van der Waals surface area contributed by atoms with E-state index in [1.807, 2.05) is 0 Å². The van der Waals surface area contributed by atoms with Gasteiger partial charge in [0.05, 0.1) is 0 Å². The first-order chi connectivity index (χ1) is 8.62. The first-order valence-corrected chi connectivity index (χ1v) is 9.39. The molecule has 0 amide bonds. The lowest BCUT2D eigenvalue weighted by Crippen LogP contribution is -2.56. The van der Waals surface area contributed by atoms with Crippen LogP contribution in [0.1, 0.15) is 81.1 Å².